The third-order valence-corrected chi connectivity index (χ3v) is 3.31. The van der Waals surface area contributed by atoms with Crippen LogP contribution in [0.2, 0.25) is 0 Å². The maximum Gasteiger partial charge on any atom is 0.252 e. The number of aliphatic hydroxyl groups is 1. The number of nitrogens with one attached hydrogen (secondary N) is 1. The maximum absolute atomic E-state index is 11.8. The minimum Gasteiger partial charge on any atom is -0.396 e. The Morgan fingerprint density at radius 2 is 2.12 bits per heavy atom. The van der Waals surface area contributed by atoms with E-state index in [-0.39, 0.29) is 17.9 Å². The minimum absolute atomic E-state index is 0.0782. The Morgan fingerprint density at radius 3 is 2.59 bits per heavy atom. The predicted molar refractivity (Wildman–Crippen MR) is 64.5 cm³/mol. The van der Waals surface area contributed by atoms with E-state index >= 15 is 0 Å². The van der Waals surface area contributed by atoms with Gasteiger partial charge in [-0.05, 0) is 18.9 Å². The molecule has 94 valence electrons. The normalized spacial score (nSPS) is 11.2. The average molecular weight is 237 g/mol. The molecule has 0 atom stereocenters. The number of carbonyl (C=O) groups is 1. The van der Waals surface area contributed by atoms with Gasteiger partial charge in [0.2, 0.25) is 0 Å². The summed E-state index contributed by atoms with van der Waals surface area (Å²) in [5, 5.41) is 19.5. The van der Waals surface area contributed by atoms with E-state index in [4.69, 9.17) is 0 Å². The first kappa shape index (κ1) is 13.6. The maximum atomic E-state index is 11.8. The minimum atomic E-state index is -0.226. The van der Waals surface area contributed by atoms with Gasteiger partial charge in [0.1, 0.15) is 0 Å². The van der Waals surface area contributed by atoms with E-state index in [1.165, 1.54) is 12.4 Å². The van der Waals surface area contributed by atoms with E-state index in [1.54, 1.807) is 6.07 Å². The zero-order valence-corrected chi connectivity index (χ0v) is 10.3. The zero-order chi connectivity index (χ0) is 12.7. The van der Waals surface area contributed by atoms with Gasteiger partial charge in [-0.15, -0.1) is 0 Å². The molecule has 0 spiro atoms. The van der Waals surface area contributed by atoms with Crippen molar-refractivity contribution in [3.8, 4) is 0 Å². The number of hydrogen-bond donors (Lipinski definition) is 2. The predicted octanol–water partition coefficient (Wildman–Crippen LogP) is 1.01. The fraction of sp³-hybridized carbons (Fsp3) is 0.583. The Morgan fingerprint density at radius 1 is 1.41 bits per heavy atom. The molecule has 1 heterocycles. The summed E-state index contributed by atoms with van der Waals surface area (Å²) in [6, 6.07) is 1.61. The lowest BCUT2D eigenvalue weighted by Gasteiger charge is -2.29. The molecule has 0 unspecified atom stereocenters. The van der Waals surface area contributed by atoms with Crippen molar-refractivity contribution in [3.05, 3.63) is 24.0 Å². The molecular weight excluding hydrogens is 218 g/mol. The molecule has 0 aliphatic carbocycles. The highest BCUT2D eigenvalue weighted by atomic mass is 16.3. The van der Waals surface area contributed by atoms with Crippen LogP contribution in [0.15, 0.2) is 18.5 Å². The largest absolute Gasteiger partial charge is 0.396 e. The van der Waals surface area contributed by atoms with Gasteiger partial charge in [0.05, 0.1) is 24.6 Å². The van der Waals surface area contributed by atoms with E-state index in [2.05, 4.69) is 15.5 Å². The molecule has 0 aliphatic rings. The summed E-state index contributed by atoms with van der Waals surface area (Å²) in [6.07, 6.45) is 4.56. The number of carbonyl (C=O) groups excluding carboxylic acids is 1. The fourth-order valence-corrected chi connectivity index (χ4v) is 1.57. The Bertz CT molecular complexity index is 342. The molecule has 0 saturated carbocycles. The molecule has 1 amide bonds. The molecule has 0 saturated heterocycles. The lowest BCUT2D eigenvalue weighted by Crippen LogP contribution is -2.39. The van der Waals surface area contributed by atoms with E-state index in [0.717, 1.165) is 12.8 Å². The third kappa shape index (κ3) is 3.49. The van der Waals surface area contributed by atoms with E-state index in [9.17, 15) is 9.90 Å². The van der Waals surface area contributed by atoms with E-state index in [0.29, 0.717) is 12.1 Å². The number of hydrogen-bond acceptors (Lipinski definition) is 4. The van der Waals surface area contributed by atoms with Gasteiger partial charge in [0.15, 0.2) is 0 Å². The topological polar surface area (TPSA) is 75.1 Å². The second-order valence-electron chi connectivity index (χ2n) is 4.18. The molecule has 1 rings (SSSR count). The van der Waals surface area contributed by atoms with Crippen molar-refractivity contribution < 1.29 is 9.90 Å². The van der Waals surface area contributed by atoms with Crippen molar-refractivity contribution in [1.29, 1.82) is 0 Å². The third-order valence-electron chi connectivity index (χ3n) is 3.31. The van der Waals surface area contributed by atoms with Gasteiger partial charge in [0, 0.05) is 12.0 Å². The summed E-state index contributed by atoms with van der Waals surface area (Å²) in [4.78, 5) is 11.8. The Labute approximate surface area is 101 Å². The molecule has 5 nitrogen and oxygen atoms in total. The second kappa shape index (κ2) is 6.30. The number of aliphatic hydroxyl groups excluding tert-OH is 1. The van der Waals surface area contributed by atoms with Crippen molar-refractivity contribution in [2.45, 2.75) is 26.7 Å². The van der Waals surface area contributed by atoms with Gasteiger partial charge < -0.3 is 10.4 Å². The van der Waals surface area contributed by atoms with Crippen LogP contribution in [0.3, 0.4) is 0 Å². The van der Waals surface area contributed by atoms with Crippen LogP contribution in [-0.4, -0.2) is 34.4 Å². The number of amides is 1. The molecule has 0 aliphatic heterocycles. The van der Waals surface area contributed by atoms with E-state index in [1.807, 2.05) is 13.8 Å². The molecule has 2 N–H and O–H groups in total. The molecule has 0 fully saturated rings. The van der Waals surface area contributed by atoms with Crippen molar-refractivity contribution in [2.75, 3.05) is 13.2 Å². The Balaban J connectivity index is 2.59. The number of aromatic nitrogens is 2. The standard InChI is InChI=1S/C12H19N3O2/c1-3-12(4-2,9-16)8-13-11(17)10-5-6-14-15-7-10/h5-7,16H,3-4,8-9H2,1-2H3,(H,13,17). The lowest BCUT2D eigenvalue weighted by molar-refractivity contribution is 0.0850. The smallest absolute Gasteiger partial charge is 0.252 e. The SMILES string of the molecule is CCC(CC)(CO)CNC(=O)c1ccnnc1. The highest BCUT2D eigenvalue weighted by molar-refractivity contribution is 5.93. The molecule has 0 radical (unpaired) electrons. The summed E-state index contributed by atoms with van der Waals surface area (Å²) in [5.41, 5.74) is 0.259. The summed E-state index contributed by atoms with van der Waals surface area (Å²) < 4.78 is 0. The Hall–Kier alpha value is -1.49. The van der Waals surface area contributed by atoms with Gasteiger partial charge in [-0.3, -0.25) is 4.79 Å². The van der Waals surface area contributed by atoms with Gasteiger partial charge in [-0.25, -0.2) is 0 Å². The van der Waals surface area contributed by atoms with Crippen LogP contribution >= 0.6 is 0 Å². The molecule has 1 aromatic heterocycles. The molecule has 0 bridgehead atoms. The first-order valence-corrected chi connectivity index (χ1v) is 5.83. The molecule has 5 heteroatoms. The van der Waals surface area contributed by atoms with Crippen LogP contribution in [0.4, 0.5) is 0 Å². The summed E-state index contributed by atoms with van der Waals surface area (Å²) in [7, 11) is 0. The van der Waals surface area contributed by atoms with Crippen molar-refractivity contribution in [1.82, 2.24) is 15.5 Å². The summed E-state index contributed by atoms with van der Waals surface area (Å²) >= 11 is 0. The van der Waals surface area contributed by atoms with Crippen molar-refractivity contribution in [2.24, 2.45) is 5.41 Å². The van der Waals surface area contributed by atoms with Gasteiger partial charge in [0.25, 0.3) is 5.91 Å². The van der Waals surface area contributed by atoms with Crippen LogP contribution in [0.1, 0.15) is 37.0 Å². The quantitative estimate of drug-likeness (QED) is 0.774. The van der Waals surface area contributed by atoms with Gasteiger partial charge in [-0.2, -0.15) is 10.2 Å². The van der Waals surface area contributed by atoms with Crippen molar-refractivity contribution >= 4 is 5.91 Å². The summed E-state index contributed by atoms with van der Waals surface area (Å²) in [5.74, 6) is -0.181. The summed E-state index contributed by atoms with van der Waals surface area (Å²) in [6.45, 7) is 4.58. The monoisotopic (exact) mass is 237 g/mol. The molecule has 17 heavy (non-hydrogen) atoms. The number of nitrogens with zero attached hydrogens (tertiary/aromatic N) is 2. The highest BCUT2D eigenvalue weighted by Crippen LogP contribution is 2.24. The van der Waals surface area contributed by atoms with Crippen LogP contribution in [0.5, 0.6) is 0 Å². The number of rotatable bonds is 6. The second-order valence-corrected chi connectivity index (χ2v) is 4.18. The van der Waals surface area contributed by atoms with Crippen LogP contribution in [0.25, 0.3) is 0 Å². The zero-order valence-electron chi connectivity index (χ0n) is 10.3. The molecule has 0 aromatic carbocycles. The van der Waals surface area contributed by atoms with Crippen LogP contribution < -0.4 is 5.32 Å². The highest BCUT2D eigenvalue weighted by Gasteiger charge is 2.25. The fourth-order valence-electron chi connectivity index (χ4n) is 1.57. The van der Waals surface area contributed by atoms with Gasteiger partial charge >= 0.3 is 0 Å². The average Bonchev–Trinajstić information content (AvgIpc) is 2.41. The molecule has 1 aromatic rings. The van der Waals surface area contributed by atoms with Crippen LogP contribution in [-0.2, 0) is 0 Å². The van der Waals surface area contributed by atoms with Crippen LogP contribution in [0, 0.1) is 5.41 Å². The van der Waals surface area contributed by atoms with Gasteiger partial charge in [-0.1, -0.05) is 13.8 Å². The molecular formula is C12H19N3O2. The first-order valence-electron chi connectivity index (χ1n) is 5.83. The van der Waals surface area contributed by atoms with E-state index < -0.39 is 0 Å². The first-order chi connectivity index (χ1) is 8.17. The van der Waals surface area contributed by atoms with Crippen molar-refractivity contribution in [3.63, 3.8) is 0 Å². The Kier molecular flexibility index (Phi) is 5.03. The lowest BCUT2D eigenvalue weighted by atomic mass is 9.83.